The van der Waals surface area contributed by atoms with Gasteiger partial charge in [-0.15, -0.1) is 0 Å². The summed E-state index contributed by atoms with van der Waals surface area (Å²) in [5, 5.41) is 0. The number of hydrogen-bond acceptors (Lipinski definition) is 2. The van der Waals surface area contributed by atoms with Gasteiger partial charge in [-0.05, 0) is 31.5 Å². The van der Waals surface area contributed by atoms with Crippen LogP contribution in [0, 0.1) is 11.6 Å². The highest BCUT2D eigenvalue weighted by molar-refractivity contribution is 5.84. The quantitative estimate of drug-likeness (QED) is 0.764. The van der Waals surface area contributed by atoms with E-state index in [1.807, 2.05) is 6.92 Å². The highest BCUT2D eigenvalue weighted by Gasteiger charge is 2.23. The van der Waals surface area contributed by atoms with Crippen LogP contribution in [0.25, 0.3) is 0 Å². The Labute approximate surface area is 99.6 Å². The van der Waals surface area contributed by atoms with E-state index in [1.54, 1.807) is 6.92 Å². The van der Waals surface area contributed by atoms with Crippen LogP contribution in [0.15, 0.2) is 18.2 Å². The molecular weight excluding hydrogens is 226 g/mol. The first-order chi connectivity index (χ1) is 8.10. The minimum absolute atomic E-state index is 0.0229. The molecule has 0 saturated carbocycles. The average Bonchev–Trinajstić information content (AvgIpc) is 2.30. The molecule has 0 amide bonds. The summed E-state index contributed by atoms with van der Waals surface area (Å²) < 4.78 is 31.8. The van der Waals surface area contributed by atoms with Gasteiger partial charge in [-0.25, -0.2) is 8.78 Å². The van der Waals surface area contributed by atoms with Crippen molar-refractivity contribution in [1.82, 2.24) is 0 Å². The third-order valence-electron chi connectivity index (χ3n) is 2.36. The van der Waals surface area contributed by atoms with E-state index in [2.05, 4.69) is 0 Å². The van der Waals surface area contributed by atoms with E-state index < -0.39 is 17.7 Å². The van der Waals surface area contributed by atoms with Gasteiger partial charge in [0.05, 0.1) is 0 Å². The Morgan fingerprint density at radius 3 is 2.65 bits per heavy atom. The molecule has 0 saturated heterocycles. The summed E-state index contributed by atoms with van der Waals surface area (Å²) in [4.78, 5) is 11.8. The number of hydrogen-bond donors (Lipinski definition) is 0. The van der Waals surface area contributed by atoms with Crippen molar-refractivity contribution in [1.29, 1.82) is 0 Å². The summed E-state index contributed by atoms with van der Waals surface area (Å²) in [6.07, 6.45) is -0.0596. The molecular formula is C13H16F2O2. The van der Waals surface area contributed by atoms with Crippen LogP contribution >= 0.6 is 0 Å². The first kappa shape index (κ1) is 13.8. The Morgan fingerprint density at radius 1 is 1.35 bits per heavy atom. The molecule has 1 atom stereocenters. The Hall–Kier alpha value is -1.29. The molecule has 94 valence electrons. The number of halogens is 2. The van der Waals surface area contributed by atoms with Crippen molar-refractivity contribution in [3.05, 3.63) is 35.4 Å². The molecule has 0 fully saturated rings. The summed E-state index contributed by atoms with van der Waals surface area (Å²) in [6, 6.07) is 3.05. The maximum Gasteiger partial charge on any atom is 0.166 e. The predicted molar refractivity (Wildman–Crippen MR) is 60.6 cm³/mol. The van der Waals surface area contributed by atoms with Crippen molar-refractivity contribution >= 4 is 5.78 Å². The van der Waals surface area contributed by atoms with Crippen LogP contribution in [-0.2, 0) is 9.53 Å². The van der Waals surface area contributed by atoms with Gasteiger partial charge < -0.3 is 4.74 Å². The van der Waals surface area contributed by atoms with E-state index in [1.165, 1.54) is 0 Å². The number of benzene rings is 1. The zero-order chi connectivity index (χ0) is 12.8. The summed E-state index contributed by atoms with van der Waals surface area (Å²) in [5.41, 5.74) is -0.0229. The van der Waals surface area contributed by atoms with Gasteiger partial charge in [-0.2, -0.15) is 0 Å². The van der Waals surface area contributed by atoms with Crippen molar-refractivity contribution < 1.29 is 18.3 Å². The molecule has 1 aromatic carbocycles. The number of carbonyl (C=O) groups excluding carboxylic acids is 1. The molecule has 0 radical (unpaired) electrons. The normalized spacial score (nSPS) is 12.5. The predicted octanol–water partition coefficient (Wildman–Crippen LogP) is 3.41. The molecule has 0 aliphatic carbocycles. The second-order valence-electron chi connectivity index (χ2n) is 3.72. The van der Waals surface area contributed by atoms with Gasteiger partial charge in [0, 0.05) is 18.6 Å². The third-order valence-corrected chi connectivity index (χ3v) is 2.36. The molecule has 0 N–H and O–H groups in total. The van der Waals surface area contributed by atoms with Gasteiger partial charge in [0.25, 0.3) is 0 Å². The average molecular weight is 242 g/mol. The largest absolute Gasteiger partial charge is 0.366 e. The lowest BCUT2D eigenvalue weighted by Crippen LogP contribution is -2.17. The SMILES string of the molecule is CCCC(=O)C(OCC)c1cc(F)ccc1F. The number of ether oxygens (including phenoxy) is 1. The molecule has 1 rings (SSSR count). The molecule has 0 heterocycles. The van der Waals surface area contributed by atoms with Crippen LogP contribution in [0.2, 0.25) is 0 Å². The van der Waals surface area contributed by atoms with E-state index in [4.69, 9.17) is 4.74 Å². The van der Waals surface area contributed by atoms with Crippen LogP contribution < -0.4 is 0 Å². The molecule has 0 aromatic heterocycles. The summed E-state index contributed by atoms with van der Waals surface area (Å²) >= 11 is 0. The van der Waals surface area contributed by atoms with Gasteiger partial charge in [-0.3, -0.25) is 4.79 Å². The minimum Gasteiger partial charge on any atom is -0.366 e. The first-order valence-corrected chi connectivity index (χ1v) is 5.69. The van der Waals surface area contributed by atoms with Gasteiger partial charge in [-0.1, -0.05) is 6.92 Å². The maximum absolute atomic E-state index is 13.5. The van der Waals surface area contributed by atoms with Gasteiger partial charge in [0.15, 0.2) is 5.78 Å². The second-order valence-corrected chi connectivity index (χ2v) is 3.72. The Morgan fingerprint density at radius 2 is 2.06 bits per heavy atom. The maximum atomic E-state index is 13.5. The first-order valence-electron chi connectivity index (χ1n) is 5.69. The lowest BCUT2D eigenvalue weighted by molar-refractivity contribution is -0.131. The molecule has 0 spiro atoms. The van der Waals surface area contributed by atoms with E-state index in [-0.39, 0.29) is 18.0 Å². The highest BCUT2D eigenvalue weighted by atomic mass is 19.1. The molecule has 4 heteroatoms. The van der Waals surface area contributed by atoms with E-state index in [0.717, 1.165) is 18.2 Å². The minimum atomic E-state index is -1.00. The molecule has 2 nitrogen and oxygen atoms in total. The fourth-order valence-corrected chi connectivity index (χ4v) is 1.62. The van der Waals surface area contributed by atoms with Crippen molar-refractivity contribution in [3.8, 4) is 0 Å². The monoisotopic (exact) mass is 242 g/mol. The van der Waals surface area contributed by atoms with Crippen molar-refractivity contribution in [2.75, 3.05) is 6.61 Å². The number of ketones is 1. The molecule has 0 aliphatic rings. The van der Waals surface area contributed by atoms with Crippen molar-refractivity contribution in [3.63, 3.8) is 0 Å². The van der Waals surface area contributed by atoms with Crippen LogP contribution in [0.5, 0.6) is 0 Å². The van der Waals surface area contributed by atoms with Crippen molar-refractivity contribution in [2.24, 2.45) is 0 Å². The topological polar surface area (TPSA) is 26.3 Å². The van der Waals surface area contributed by atoms with Crippen LogP contribution in [-0.4, -0.2) is 12.4 Å². The smallest absolute Gasteiger partial charge is 0.166 e. The number of rotatable bonds is 6. The van der Waals surface area contributed by atoms with E-state index in [9.17, 15) is 13.6 Å². The summed E-state index contributed by atoms with van der Waals surface area (Å²) in [5.74, 6) is -1.41. The highest BCUT2D eigenvalue weighted by Crippen LogP contribution is 2.24. The van der Waals surface area contributed by atoms with Gasteiger partial charge >= 0.3 is 0 Å². The standard InChI is InChI=1S/C13H16F2O2/c1-3-5-12(16)13(17-4-2)10-8-9(14)6-7-11(10)15/h6-8,13H,3-5H2,1-2H3. The molecule has 1 aromatic rings. The Kier molecular flexibility index (Phi) is 5.22. The van der Waals surface area contributed by atoms with Crippen molar-refractivity contribution in [2.45, 2.75) is 32.8 Å². The van der Waals surface area contributed by atoms with Gasteiger partial charge in [0.1, 0.15) is 17.7 Å². The van der Waals surface area contributed by atoms with Gasteiger partial charge in [0.2, 0.25) is 0 Å². The Balaban J connectivity index is 3.04. The zero-order valence-electron chi connectivity index (χ0n) is 10.0. The fourth-order valence-electron chi connectivity index (χ4n) is 1.62. The zero-order valence-corrected chi connectivity index (χ0v) is 10.0. The van der Waals surface area contributed by atoms with Crippen LogP contribution in [0.4, 0.5) is 8.78 Å². The van der Waals surface area contributed by atoms with E-state index >= 15 is 0 Å². The lowest BCUT2D eigenvalue weighted by Gasteiger charge is -2.16. The molecule has 0 bridgehead atoms. The third kappa shape index (κ3) is 3.60. The van der Waals surface area contributed by atoms with E-state index in [0.29, 0.717) is 12.8 Å². The second kappa shape index (κ2) is 6.45. The lowest BCUT2D eigenvalue weighted by atomic mass is 10.0. The molecule has 1 unspecified atom stereocenters. The Bertz CT molecular complexity index is 391. The molecule has 0 aliphatic heterocycles. The number of carbonyl (C=O) groups is 1. The molecule has 17 heavy (non-hydrogen) atoms. The van der Waals surface area contributed by atoms with Crippen LogP contribution in [0.1, 0.15) is 38.4 Å². The summed E-state index contributed by atoms with van der Waals surface area (Å²) in [7, 11) is 0. The van der Waals surface area contributed by atoms with Crippen LogP contribution in [0.3, 0.4) is 0 Å². The fraction of sp³-hybridized carbons (Fsp3) is 0.462. The summed E-state index contributed by atoms with van der Waals surface area (Å²) in [6.45, 7) is 3.84. The number of Topliss-reactive ketones (excluding diaryl/α,β-unsaturated/α-hetero) is 1.